The lowest BCUT2D eigenvalue weighted by atomic mass is 9.74. The molecular weight excluding hydrogens is 246 g/mol. The van der Waals surface area contributed by atoms with Crippen LogP contribution in [-0.4, -0.2) is 18.2 Å². The standard InChI is InChI=1S/C15H20ClNO/c1-11-3-4-13(16)14(9-11)17-12-5-8-18-15(10-12)6-2-7-15/h3-4,9,12,17H,2,5-8,10H2,1H3. The van der Waals surface area contributed by atoms with Crippen molar-refractivity contribution in [2.45, 2.75) is 50.7 Å². The molecule has 0 bridgehead atoms. The second-order valence-corrected chi connectivity index (χ2v) is 6.11. The van der Waals surface area contributed by atoms with E-state index in [2.05, 4.69) is 18.3 Å². The van der Waals surface area contributed by atoms with E-state index in [0.29, 0.717) is 6.04 Å². The Bertz CT molecular complexity index is 442. The van der Waals surface area contributed by atoms with E-state index < -0.39 is 0 Å². The summed E-state index contributed by atoms with van der Waals surface area (Å²) in [4.78, 5) is 0. The average molecular weight is 266 g/mol. The van der Waals surface area contributed by atoms with Crippen LogP contribution in [0.2, 0.25) is 5.02 Å². The maximum absolute atomic E-state index is 6.24. The molecular formula is C15H20ClNO. The van der Waals surface area contributed by atoms with Crippen LogP contribution in [0.15, 0.2) is 18.2 Å². The fourth-order valence-corrected chi connectivity index (χ4v) is 3.21. The lowest BCUT2D eigenvalue weighted by Crippen LogP contribution is -2.49. The van der Waals surface area contributed by atoms with E-state index in [1.54, 1.807) is 0 Å². The van der Waals surface area contributed by atoms with E-state index >= 15 is 0 Å². The molecule has 1 saturated heterocycles. The Morgan fingerprint density at radius 2 is 2.22 bits per heavy atom. The molecule has 1 aromatic carbocycles. The van der Waals surface area contributed by atoms with Crippen molar-refractivity contribution in [3.8, 4) is 0 Å². The van der Waals surface area contributed by atoms with Gasteiger partial charge in [-0.15, -0.1) is 0 Å². The summed E-state index contributed by atoms with van der Waals surface area (Å²) in [5, 5.41) is 4.42. The number of hydrogen-bond acceptors (Lipinski definition) is 2. The molecule has 3 rings (SSSR count). The highest BCUT2D eigenvalue weighted by molar-refractivity contribution is 6.33. The Hall–Kier alpha value is -0.730. The minimum absolute atomic E-state index is 0.187. The third-order valence-corrected chi connectivity index (χ3v) is 4.57. The smallest absolute Gasteiger partial charge is 0.0702 e. The quantitative estimate of drug-likeness (QED) is 0.867. The van der Waals surface area contributed by atoms with E-state index in [1.165, 1.54) is 24.8 Å². The topological polar surface area (TPSA) is 21.3 Å². The van der Waals surface area contributed by atoms with Crippen LogP contribution in [0.1, 0.15) is 37.7 Å². The summed E-state index contributed by atoms with van der Waals surface area (Å²) in [7, 11) is 0. The van der Waals surface area contributed by atoms with Crippen LogP contribution >= 0.6 is 11.6 Å². The highest BCUT2D eigenvalue weighted by Crippen LogP contribution is 2.43. The van der Waals surface area contributed by atoms with E-state index in [9.17, 15) is 0 Å². The first-order valence-electron chi connectivity index (χ1n) is 6.84. The molecule has 1 spiro atoms. The Morgan fingerprint density at radius 1 is 1.39 bits per heavy atom. The van der Waals surface area contributed by atoms with Gasteiger partial charge in [-0.1, -0.05) is 17.7 Å². The van der Waals surface area contributed by atoms with Crippen LogP contribution < -0.4 is 5.32 Å². The molecule has 0 amide bonds. The molecule has 2 fully saturated rings. The molecule has 98 valence electrons. The molecule has 1 aromatic rings. The van der Waals surface area contributed by atoms with Gasteiger partial charge in [0.05, 0.1) is 16.3 Å². The Morgan fingerprint density at radius 3 is 2.94 bits per heavy atom. The monoisotopic (exact) mass is 265 g/mol. The van der Waals surface area contributed by atoms with Gasteiger partial charge in [0.2, 0.25) is 0 Å². The molecule has 2 nitrogen and oxygen atoms in total. The fraction of sp³-hybridized carbons (Fsp3) is 0.600. The SMILES string of the molecule is Cc1ccc(Cl)c(NC2CCOC3(CCC3)C2)c1. The van der Waals surface area contributed by atoms with Gasteiger partial charge in [-0.25, -0.2) is 0 Å². The summed E-state index contributed by atoms with van der Waals surface area (Å²) in [6.07, 6.45) is 5.97. The number of benzene rings is 1. The zero-order valence-electron chi connectivity index (χ0n) is 10.8. The van der Waals surface area contributed by atoms with Crippen molar-refractivity contribution in [2.75, 3.05) is 11.9 Å². The third-order valence-electron chi connectivity index (χ3n) is 4.24. The minimum Gasteiger partial charge on any atom is -0.381 e. The van der Waals surface area contributed by atoms with E-state index in [4.69, 9.17) is 16.3 Å². The van der Waals surface area contributed by atoms with E-state index in [1.807, 2.05) is 12.1 Å². The van der Waals surface area contributed by atoms with Crippen molar-refractivity contribution in [3.63, 3.8) is 0 Å². The Kier molecular flexibility index (Phi) is 3.25. The van der Waals surface area contributed by atoms with Gasteiger partial charge in [0, 0.05) is 12.6 Å². The fourth-order valence-electron chi connectivity index (χ4n) is 3.04. The van der Waals surface area contributed by atoms with Crippen LogP contribution in [0, 0.1) is 6.92 Å². The first-order valence-corrected chi connectivity index (χ1v) is 7.21. The summed E-state index contributed by atoms with van der Waals surface area (Å²) in [6.45, 7) is 2.97. The normalized spacial score (nSPS) is 25.8. The number of halogens is 1. The number of aryl methyl sites for hydroxylation is 1. The van der Waals surface area contributed by atoms with Crippen molar-refractivity contribution in [1.82, 2.24) is 0 Å². The summed E-state index contributed by atoms with van der Waals surface area (Å²) in [6, 6.07) is 6.65. The second-order valence-electron chi connectivity index (χ2n) is 5.70. The molecule has 1 atom stereocenters. The van der Waals surface area contributed by atoms with Crippen molar-refractivity contribution >= 4 is 17.3 Å². The average Bonchev–Trinajstić information content (AvgIpc) is 2.32. The summed E-state index contributed by atoms with van der Waals surface area (Å²) < 4.78 is 5.95. The van der Waals surface area contributed by atoms with Crippen LogP contribution in [-0.2, 0) is 4.74 Å². The Labute approximate surface area is 114 Å². The van der Waals surface area contributed by atoms with E-state index in [-0.39, 0.29) is 5.60 Å². The van der Waals surface area contributed by atoms with Crippen LogP contribution in [0.3, 0.4) is 0 Å². The molecule has 1 saturated carbocycles. The number of rotatable bonds is 2. The van der Waals surface area contributed by atoms with Gasteiger partial charge in [0.1, 0.15) is 0 Å². The zero-order chi connectivity index (χ0) is 12.6. The Balaban J connectivity index is 1.70. The van der Waals surface area contributed by atoms with Gasteiger partial charge in [-0.2, -0.15) is 0 Å². The molecule has 3 heteroatoms. The summed E-state index contributed by atoms with van der Waals surface area (Å²) in [5.74, 6) is 0. The maximum Gasteiger partial charge on any atom is 0.0702 e. The maximum atomic E-state index is 6.24. The molecule has 1 heterocycles. The van der Waals surface area contributed by atoms with Crippen LogP contribution in [0.5, 0.6) is 0 Å². The van der Waals surface area contributed by atoms with Gasteiger partial charge in [0.25, 0.3) is 0 Å². The molecule has 0 aromatic heterocycles. The van der Waals surface area contributed by atoms with E-state index in [0.717, 1.165) is 30.2 Å². The number of anilines is 1. The van der Waals surface area contributed by atoms with Crippen molar-refractivity contribution in [2.24, 2.45) is 0 Å². The molecule has 1 aliphatic heterocycles. The van der Waals surface area contributed by atoms with Crippen LogP contribution in [0.4, 0.5) is 5.69 Å². The van der Waals surface area contributed by atoms with Gasteiger partial charge >= 0.3 is 0 Å². The van der Waals surface area contributed by atoms with Gasteiger partial charge in [-0.3, -0.25) is 0 Å². The lowest BCUT2D eigenvalue weighted by Gasteiger charge is -2.47. The highest BCUT2D eigenvalue weighted by atomic mass is 35.5. The summed E-state index contributed by atoms with van der Waals surface area (Å²) >= 11 is 6.24. The molecule has 2 aliphatic rings. The van der Waals surface area contributed by atoms with Gasteiger partial charge in [0.15, 0.2) is 0 Å². The largest absolute Gasteiger partial charge is 0.381 e. The molecule has 1 unspecified atom stereocenters. The van der Waals surface area contributed by atoms with Crippen molar-refractivity contribution in [1.29, 1.82) is 0 Å². The van der Waals surface area contributed by atoms with Crippen LogP contribution in [0.25, 0.3) is 0 Å². The predicted octanol–water partition coefficient (Wildman–Crippen LogP) is 4.16. The first-order chi connectivity index (χ1) is 8.67. The third kappa shape index (κ3) is 2.36. The van der Waals surface area contributed by atoms with Gasteiger partial charge in [-0.05, 0) is 56.7 Å². The zero-order valence-corrected chi connectivity index (χ0v) is 11.6. The summed E-state index contributed by atoms with van der Waals surface area (Å²) in [5.41, 5.74) is 2.50. The molecule has 1 N–H and O–H groups in total. The van der Waals surface area contributed by atoms with Crippen molar-refractivity contribution in [3.05, 3.63) is 28.8 Å². The second kappa shape index (κ2) is 4.75. The number of ether oxygens (including phenoxy) is 1. The molecule has 0 radical (unpaired) electrons. The predicted molar refractivity (Wildman–Crippen MR) is 75.4 cm³/mol. The number of nitrogens with one attached hydrogen (secondary N) is 1. The highest BCUT2D eigenvalue weighted by Gasteiger charge is 2.42. The minimum atomic E-state index is 0.187. The van der Waals surface area contributed by atoms with Crippen molar-refractivity contribution < 1.29 is 4.74 Å². The first kappa shape index (κ1) is 12.3. The number of hydrogen-bond donors (Lipinski definition) is 1. The molecule has 18 heavy (non-hydrogen) atoms. The lowest BCUT2D eigenvalue weighted by molar-refractivity contribution is -0.130. The molecule has 1 aliphatic carbocycles. The van der Waals surface area contributed by atoms with Gasteiger partial charge < -0.3 is 10.1 Å².